The summed E-state index contributed by atoms with van der Waals surface area (Å²) in [5.74, 6) is -0.237. The van der Waals surface area contributed by atoms with Crippen LogP contribution in [-0.4, -0.2) is 51.9 Å². The number of nitrogens with zero attached hydrogens (tertiary/aromatic N) is 1. The highest BCUT2D eigenvalue weighted by molar-refractivity contribution is 7.89. The van der Waals surface area contributed by atoms with Gasteiger partial charge in [-0.1, -0.05) is 6.07 Å². The molecule has 124 valence electrons. The second kappa shape index (κ2) is 7.92. The van der Waals surface area contributed by atoms with Gasteiger partial charge in [0.2, 0.25) is 10.0 Å². The van der Waals surface area contributed by atoms with Gasteiger partial charge in [0, 0.05) is 32.2 Å². The Balaban J connectivity index is 0.00000242. The Hall–Kier alpha value is -1.15. The van der Waals surface area contributed by atoms with Crippen LogP contribution in [0.5, 0.6) is 0 Å². The van der Waals surface area contributed by atoms with Gasteiger partial charge in [0.15, 0.2) is 0 Å². The third-order valence-corrected chi connectivity index (χ3v) is 5.32. The molecule has 0 aromatic heterocycles. The van der Waals surface area contributed by atoms with E-state index in [9.17, 15) is 13.2 Å². The lowest BCUT2D eigenvalue weighted by Gasteiger charge is -2.23. The van der Waals surface area contributed by atoms with Gasteiger partial charge in [-0.2, -0.15) is 0 Å². The van der Waals surface area contributed by atoms with Crippen LogP contribution in [-0.2, 0) is 10.0 Å². The fourth-order valence-electron chi connectivity index (χ4n) is 2.25. The highest BCUT2D eigenvalue weighted by atomic mass is 35.5. The molecule has 1 fully saturated rings. The predicted octanol–water partition coefficient (Wildman–Crippen LogP) is 0.841. The quantitative estimate of drug-likeness (QED) is 0.846. The first-order valence-electron chi connectivity index (χ1n) is 6.95. The summed E-state index contributed by atoms with van der Waals surface area (Å²) in [5, 5.41) is 6.16. The standard InChI is InChI=1S/C14H21N3O3S.ClH/c1-17(2)21(19,20)13-7-3-5-11(9-13)14(18)16-12-6-4-8-15-10-12;/h3,5,7,9,12,15H,4,6,8,10H2,1-2H3,(H,16,18);1H/t12-;/m0./s1. The van der Waals surface area contributed by atoms with Gasteiger partial charge in [0.05, 0.1) is 4.90 Å². The number of carbonyl (C=O) groups is 1. The summed E-state index contributed by atoms with van der Waals surface area (Å²) in [6.45, 7) is 1.73. The van der Waals surface area contributed by atoms with Crippen molar-refractivity contribution >= 4 is 28.3 Å². The van der Waals surface area contributed by atoms with Crippen molar-refractivity contribution in [1.29, 1.82) is 0 Å². The number of hydrogen-bond acceptors (Lipinski definition) is 4. The molecule has 6 nitrogen and oxygen atoms in total. The molecule has 1 amide bonds. The van der Waals surface area contributed by atoms with E-state index in [0.29, 0.717) is 5.56 Å². The first-order valence-corrected chi connectivity index (χ1v) is 8.39. The van der Waals surface area contributed by atoms with Crippen molar-refractivity contribution in [2.75, 3.05) is 27.2 Å². The summed E-state index contributed by atoms with van der Waals surface area (Å²) in [6, 6.07) is 6.22. The van der Waals surface area contributed by atoms with Crippen molar-refractivity contribution in [2.24, 2.45) is 0 Å². The van der Waals surface area contributed by atoms with Crippen LogP contribution in [0.25, 0.3) is 0 Å². The van der Waals surface area contributed by atoms with E-state index in [1.165, 1.54) is 26.2 Å². The number of piperidine rings is 1. The Morgan fingerprint density at radius 2 is 2.09 bits per heavy atom. The summed E-state index contributed by atoms with van der Waals surface area (Å²) in [5.41, 5.74) is 0.364. The van der Waals surface area contributed by atoms with Crippen molar-refractivity contribution in [1.82, 2.24) is 14.9 Å². The minimum Gasteiger partial charge on any atom is -0.348 e. The maximum absolute atomic E-state index is 12.2. The van der Waals surface area contributed by atoms with Gasteiger partial charge < -0.3 is 10.6 Å². The molecule has 0 aliphatic carbocycles. The van der Waals surface area contributed by atoms with Crippen LogP contribution in [0.4, 0.5) is 0 Å². The van der Waals surface area contributed by atoms with Gasteiger partial charge in [-0.05, 0) is 37.6 Å². The Kier molecular flexibility index (Phi) is 6.80. The predicted molar refractivity (Wildman–Crippen MR) is 87.9 cm³/mol. The monoisotopic (exact) mass is 347 g/mol. The molecule has 1 aromatic rings. The molecule has 1 aromatic carbocycles. The zero-order valence-electron chi connectivity index (χ0n) is 12.7. The van der Waals surface area contributed by atoms with Crippen LogP contribution < -0.4 is 10.6 Å². The van der Waals surface area contributed by atoms with Gasteiger partial charge in [-0.25, -0.2) is 12.7 Å². The van der Waals surface area contributed by atoms with Gasteiger partial charge in [-0.3, -0.25) is 4.79 Å². The fourth-order valence-corrected chi connectivity index (χ4v) is 3.20. The minimum atomic E-state index is -3.53. The maximum atomic E-state index is 12.2. The summed E-state index contributed by atoms with van der Waals surface area (Å²) >= 11 is 0. The number of rotatable bonds is 4. The lowest BCUT2D eigenvalue weighted by molar-refractivity contribution is 0.0930. The number of hydrogen-bond donors (Lipinski definition) is 2. The molecule has 2 N–H and O–H groups in total. The smallest absolute Gasteiger partial charge is 0.251 e. The van der Waals surface area contributed by atoms with Gasteiger partial charge in [-0.15, -0.1) is 12.4 Å². The average Bonchev–Trinajstić information content (AvgIpc) is 2.48. The maximum Gasteiger partial charge on any atom is 0.251 e. The number of benzene rings is 1. The lowest BCUT2D eigenvalue weighted by atomic mass is 10.1. The molecule has 22 heavy (non-hydrogen) atoms. The van der Waals surface area contributed by atoms with E-state index in [1.807, 2.05) is 0 Å². The SMILES string of the molecule is CN(C)S(=O)(=O)c1cccc(C(=O)N[C@H]2CCCNC2)c1.Cl. The largest absolute Gasteiger partial charge is 0.348 e. The Labute approximate surface area is 137 Å². The lowest BCUT2D eigenvalue weighted by Crippen LogP contribution is -2.45. The summed E-state index contributed by atoms with van der Waals surface area (Å²) < 4.78 is 25.3. The topological polar surface area (TPSA) is 78.5 Å². The zero-order valence-corrected chi connectivity index (χ0v) is 14.3. The molecule has 1 aliphatic heterocycles. The highest BCUT2D eigenvalue weighted by Crippen LogP contribution is 2.15. The normalized spacial score (nSPS) is 18.6. The number of sulfonamides is 1. The Bertz CT molecular complexity index is 614. The van der Waals surface area contributed by atoms with Crippen molar-refractivity contribution in [2.45, 2.75) is 23.8 Å². The van der Waals surface area contributed by atoms with Crippen LogP contribution in [0.2, 0.25) is 0 Å². The summed E-state index contributed by atoms with van der Waals surface area (Å²) in [6.07, 6.45) is 1.97. The number of carbonyl (C=O) groups excluding carboxylic acids is 1. The zero-order chi connectivity index (χ0) is 15.5. The van der Waals surface area contributed by atoms with Crippen LogP contribution in [0.15, 0.2) is 29.2 Å². The summed E-state index contributed by atoms with van der Waals surface area (Å²) in [4.78, 5) is 12.3. The van der Waals surface area contributed by atoms with Gasteiger partial charge >= 0.3 is 0 Å². The number of amides is 1. The average molecular weight is 348 g/mol. The molecule has 1 aliphatic rings. The Morgan fingerprint density at radius 1 is 1.36 bits per heavy atom. The number of nitrogens with one attached hydrogen (secondary N) is 2. The van der Waals surface area contributed by atoms with Crippen molar-refractivity contribution in [3.8, 4) is 0 Å². The minimum absolute atomic E-state index is 0. The first-order chi connectivity index (χ1) is 9.91. The third-order valence-electron chi connectivity index (χ3n) is 3.51. The second-order valence-electron chi connectivity index (χ2n) is 5.33. The summed E-state index contributed by atoms with van der Waals surface area (Å²) in [7, 11) is -0.589. The van der Waals surface area contributed by atoms with E-state index >= 15 is 0 Å². The van der Waals surface area contributed by atoms with Gasteiger partial charge in [0.25, 0.3) is 5.91 Å². The van der Waals surface area contributed by atoms with Gasteiger partial charge in [0.1, 0.15) is 0 Å². The molecule has 1 saturated heterocycles. The second-order valence-corrected chi connectivity index (χ2v) is 7.48. The molecular weight excluding hydrogens is 326 g/mol. The van der Waals surface area contributed by atoms with Crippen LogP contribution in [0.3, 0.4) is 0 Å². The molecule has 0 spiro atoms. The van der Waals surface area contributed by atoms with E-state index in [-0.39, 0.29) is 29.3 Å². The van der Waals surface area contributed by atoms with Crippen LogP contribution >= 0.6 is 12.4 Å². The molecule has 2 rings (SSSR count). The van der Waals surface area contributed by atoms with E-state index in [0.717, 1.165) is 30.2 Å². The number of halogens is 1. The van der Waals surface area contributed by atoms with E-state index in [2.05, 4.69) is 10.6 Å². The molecule has 0 radical (unpaired) electrons. The molecule has 1 heterocycles. The fraction of sp³-hybridized carbons (Fsp3) is 0.500. The molecule has 0 bridgehead atoms. The molecular formula is C14H22ClN3O3S. The highest BCUT2D eigenvalue weighted by Gasteiger charge is 2.20. The first kappa shape index (κ1) is 18.9. The van der Waals surface area contributed by atoms with E-state index in [1.54, 1.807) is 12.1 Å². The van der Waals surface area contributed by atoms with Crippen LogP contribution in [0, 0.1) is 0 Å². The molecule has 8 heteroatoms. The molecule has 0 saturated carbocycles. The van der Waals surface area contributed by atoms with Crippen molar-refractivity contribution in [3.63, 3.8) is 0 Å². The third kappa shape index (κ3) is 4.42. The van der Waals surface area contributed by atoms with E-state index in [4.69, 9.17) is 0 Å². The van der Waals surface area contributed by atoms with Crippen LogP contribution in [0.1, 0.15) is 23.2 Å². The van der Waals surface area contributed by atoms with Crippen molar-refractivity contribution < 1.29 is 13.2 Å². The Morgan fingerprint density at radius 3 is 2.68 bits per heavy atom. The van der Waals surface area contributed by atoms with E-state index < -0.39 is 10.0 Å². The van der Waals surface area contributed by atoms with Crippen molar-refractivity contribution in [3.05, 3.63) is 29.8 Å². The molecule has 0 unspecified atom stereocenters. The molecule has 1 atom stereocenters.